The van der Waals surface area contributed by atoms with Crippen LogP contribution >= 0.6 is 0 Å². The van der Waals surface area contributed by atoms with Crippen LogP contribution in [0.4, 0.5) is 0 Å². The zero-order valence-electron chi connectivity index (χ0n) is 14.7. The Bertz CT molecular complexity index is 561. The molecule has 1 aliphatic carbocycles. The molecular formula is C20H28O3. The molecule has 0 saturated carbocycles. The first kappa shape index (κ1) is 17.7. The molecule has 0 radical (unpaired) electrons. The molecule has 3 nitrogen and oxygen atoms in total. The van der Waals surface area contributed by atoms with Crippen molar-refractivity contribution < 1.29 is 14.3 Å². The molecule has 1 fully saturated rings. The zero-order valence-corrected chi connectivity index (χ0v) is 14.7. The number of cyclic esters (lactones) is 1. The SMILES string of the molecule is CC(C)=CCC[C@@H](C)[C@@H]1C(=O)C/C(C)=C/C/C=C2\C(=O)OC[C@H]21. The number of fused-ring (bicyclic) bond motifs is 1. The van der Waals surface area contributed by atoms with Crippen molar-refractivity contribution in [1.82, 2.24) is 0 Å². The van der Waals surface area contributed by atoms with Gasteiger partial charge < -0.3 is 4.74 Å². The van der Waals surface area contributed by atoms with E-state index in [0.29, 0.717) is 25.0 Å². The van der Waals surface area contributed by atoms with Crippen molar-refractivity contribution in [2.24, 2.45) is 17.8 Å². The van der Waals surface area contributed by atoms with E-state index in [1.807, 2.05) is 19.1 Å². The number of allylic oxidation sites excluding steroid dienone is 5. The van der Waals surface area contributed by atoms with Crippen molar-refractivity contribution in [2.45, 2.75) is 53.4 Å². The van der Waals surface area contributed by atoms with Crippen molar-refractivity contribution in [1.29, 1.82) is 0 Å². The van der Waals surface area contributed by atoms with E-state index in [1.54, 1.807) is 0 Å². The molecule has 0 spiro atoms. The smallest absolute Gasteiger partial charge is 0.334 e. The summed E-state index contributed by atoms with van der Waals surface area (Å²) in [4.78, 5) is 24.9. The molecule has 2 rings (SSSR count). The lowest BCUT2D eigenvalue weighted by atomic mass is 9.74. The summed E-state index contributed by atoms with van der Waals surface area (Å²) in [5.74, 6) is 0.0550. The monoisotopic (exact) mass is 316 g/mol. The summed E-state index contributed by atoms with van der Waals surface area (Å²) in [6.07, 6.45) is 9.35. The molecule has 1 heterocycles. The topological polar surface area (TPSA) is 43.4 Å². The van der Waals surface area contributed by atoms with E-state index < -0.39 is 0 Å². The lowest BCUT2D eigenvalue weighted by Crippen LogP contribution is -2.31. The van der Waals surface area contributed by atoms with Crippen LogP contribution in [0.25, 0.3) is 0 Å². The summed E-state index contributed by atoms with van der Waals surface area (Å²) >= 11 is 0. The highest BCUT2D eigenvalue weighted by atomic mass is 16.5. The summed E-state index contributed by atoms with van der Waals surface area (Å²) < 4.78 is 5.26. The molecule has 0 aromatic rings. The third-order valence-electron chi connectivity index (χ3n) is 4.88. The second kappa shape index (κ2) is 7.76. The number of Topliss-reactive ketones (excluding diaryl/α,β-unsaturated/α-hetero) is 1. The Morgan fingerprint density at radius 1 is 1.35 bits per heavy atom. The summed E-state index contributed by atoms with van der Waals surface area (Å²) in [7, 11) is 0. The van der Waals surface area contributed by atoms with Gasteiger partial charge in [-0.3, -0.25) is 4.79 Å². The van der Waals surface area contributed by atoms with Crippen molar-refractivity contribution >= 4 is 11.8 Å². The summed E-state index contributed by atoms with van der Waals surface area (Å²) in [5.41, 5.74) is 3.11. The number of ketones is 1. The number of ether oxygens (including phenoxy) is 1. The fourth-order valence-corrected chi connectivity index (χ4v) is 3.63. The molecule has 0 bridgehead atoms. The number of carbonyl (C=O) groups is 2. The highest BCUT2D eigenvalue weighted by Crippen LogP contribution is 2.37. The minimum absolute atomic E-state index is 0.0731. The van der Waals surface area contributed by atoms with Crippen molar-refractivity contribution in [3.05, 3.63) is 34.9 Å². The zero-order chi connectivity index (χ0) is 17.0. The maximum atomic E-state index is 12.9. The second-order valence-electron chi connectivity index (χ2n) is 7.16. The molecule has 0 unspecified atom stereocenters. The van der Waals surface area contributed by atoms with E-state index in [1.165, 1.54) is 5.57 Å². The predicted molar refractivity (Wildman–Crippen MR) is 91.8 cm³/mol. The van der Waals surface area contributed by atoms with Gasteiger partial charge in [0.2, 0.25) is 0 Å². The van der Waals surface area contributed by atoms with Crippen molar-refractivity contribution in [3.8, 4) is 0 Å². The average molecular weight is 316 g/mol. The van der Waals surface area contributed by atoms with Crippen LogP contribution in [0.3, 0.4) is 0 Å². The molecular weight excluding hydrogens is 288 g/mol. The Labute approximate surface area is 139 Å². The Hall–Kier alpha value is -1.64. The van der Waals surface area contributed by atoms with E-state index >= 15 is 0 Å². The largest absolute Gasteiger partial charge is 0.462 e. The second-order valence-corrected chi connectivity index (χ2v) is 7.16. The molecule has 2 aliphatic rings. The molecule has 126 valence electrons. The van der Waals surface area contributed by atoms with Crippen LogP contribution in [-0.4, -0.2) is 18.4 Å². The Balaban J connectivity index is 2.24. The first-order valence-electron chi connectivity index (χ1n) is 8.59. The quantitative estimate of drug-likeness (QED) is 0.570. The molecule has 0 amide bonds. The van der Waals surface area contributed by atoms with E-state index in [0.717, 1.165) is 18.4 Å². The standard InChI is InChI=1S/C20H28O3/c1-13(2)7-5-9-15(4)19-17-12-23-20(22)16(17)10-6-8-14(3)11-18(19)21/h7-8,10,15,17,19H,5-6,9,11-12H2,1-4H3/b14-8+,16-10-/t15-,17-,19+/m1/s1. The first-order valence-corrected chi connectivity index (χ1v) is 8.59. The van der Waals surface area contributed by atoms with Gasteiger partial charge in [0.05, 0.1) is 6.61 Å². The van der Waals surface area contributed by atoms with Crippen LogP contribution in [0.2, 0.25) is 0 Å². The minimum atomic E-state index is -0.239. The Morgan fingerprint density at radius 3 is 2.78 bits per heavy atom. The van der Waals surface area contributed by atoms with E-state index in [9.17, 15) is 9.59 Å². The fraction of sp³-hybridized carbons (Fsp3) is 0.600. The van der Waals surface area contributed by atoms with Crippen LogP contribution in [0, 0.1) is 17.8 Å². The van der Waals surface area contributed by atoms with E-state index in [4.69, 9.17) is 4.74 Å². The molecule has 0 N–H and O–H groups in total. The minimum Gasteiger partial charge on any atom is -0.462 e. The van der Waals surface area contributed by atoms with E-state index in [2.05, 4.69) is 26.8 Å². The molecule has 1 aliphatic heterocycles. The highest BCUT2D eigenvalue weighted by Gasteiger charge is 2.41. The predicted octanol–water partition coefficient (Wildman–Crippen LogP) is 4.39. The van der Waals surface area contributed by atoms with Gasteiger partial charge in [-0.15, -0.1) is 0 Å². The van der Waals surface area contributed by atoms with E-state index in [-0.39, 0.29) is 29.5 Å². The van der Waals surface area contributed by atoms with Crippen LogP contribution in [-0.2, 0) is 14.3 Å². The molecule has 3 atom stereocenters. The maximum Gasteiger partial charge on any atom is 0.334 e. The molecule has 3 heteroatoms. The summed E-state index contributed by atoms with van der Waals surface area (Å²) in [6, 6.07) is 0. The Kier molecular flexibility index (Phi) is 5.97. The normalized spacial score (nSPS) is 30.6. The number of carbonyl (C=O) groups excluding carboxylic acids is 2. The number of hydrogen-bond acceptors (Lipinski definition) is 3. The summed E-state index contributed by atoms with van der Waals surface area (Å²) in [5, 5.41) is 0. The van der Waals surface area contributed by atoms with Gasteiger partial charge in [0.1, 0.15) is 5.78 Å². The lowest BCUT2D eigenvalue weighted by Gasteiger charge is -2.27. The number of rotatable bonds is 4. The molecule has 0 aromatic carbocycles. The van der Waals surface area contributed by atoms with Gasteiger partial charge >= 0.3 is 5.97 Å². The first-order chi connectivity index (χ1) is 10.9. The van der Waals surface area contributed by atoms with Gasteiger partial charge in [-0.2, -0.15) is 0 Å². The lowest BCUT2D eigenvalue weighted by molar-refractivity contribution is -0.135. The van der Waals surface area contributed by atoms with Crippen LogP contribution < -0.4 is 0 Å². The van der Waals surface area contributed by atoms with Crippen molar-refractivity contribution in [3.63, 3.8) is 0 Å². The average Bonchev–Trinajstić information content (AvgIpc) is 2.82. The number of hydrogen-bond donors (Lipinski definition) is 0. The van der Waals surface area contributed by atoms with Crippen LogP contribution in [0.1, 0.15) is 53.4 Å². The fourth-order valence-electron chi connectivity index (χ4n) is 3.63. The van der Waals surface area contributed by atoms with Gasteiger partial charge in [0.25, 0.3) is 0 Å². The summed E-state index contributed by atoms with van der Waals surface area (Å²) in [6.45, 7) is 8.68. The van der Waals surface area contributed by atoms with Gasteiger partial charge in [-0.05, 0) is 46.0 Å². The van der Waals surface area contributed by atoms with Gasteiger partial charge in [0, 0.05) is 23.8 Å². The van der Waals surface area contributed by atoms with Gasteiger partial charge in [-0.25, -0.2) is 4.79 Å². The third kappa shape index (κ3) is 4.43. The molecule has 23 heavy (non-hydrogen) atoms. The molecule has 0 aromatic heterocycles. The van der Waals surface area contributed by atoms with Crippen LogP contribution in [0.15, 0.2) is 34.9 Å². The van der Waals surface area contributed by atoms with Crippen LogP contribution in [0.5, 0.6) is 0 Å². The molecule has 1 saturated heterocycles. The highest BCUT2D eigenvalue weighted by molar-refractivity contribution is 5.94. The maximum absolute atomic E-state index is 12.9. The van der Waals surface area contributed by atoms with Crippen molar-refractivity contribution in [2.75, 3.05) is 6.61 Å². The third-order valence-corrected chi connectivity index (χ3v) is 4.88. The number of esters is 1. The van der Waals surface area contributed by atoms with Gasteiger partial charge in [0.15, 0.2) is 0 Å². The Morgan fingerprint density at radius 2 is 2.09 bits per heavy atom. The van der Waals surface area contributed by atoms with Gasteiger partial charge in [-0.1, -0.05) is 36.3 Å².